The van der Waals surface area contributed by atoms with Gasteiger partial charge in [0, 0.05) is 24.6 Å². The van der Waals surface area contributed by atoms with Gasteiger partial charge in [0.2, 0.25) is 11.5 Å². The Morgan fingerprint density at radius 3 is 2.59 bits per heavy atom. The molecule has 2 atom stereocenters. The van der Waals surface area contributed by atoms with Gasteiger partial charge in [-0.25, -0.2) is 14.1 Å². The van der Waals surface area contributed by atoms with E-state index < -0.39 is 51.9 Å². The van der Waals surface area contributed by atoms with E-state index in [0.717, 1.165) is 24.2 Å². The predicted molar refractivity (Wildman–Crippen MR) is 145 cm³/mol. The number of β-lactam (4-membered cyclic amide) rings is 1. The standard InChI is InChI=1S/C23H32N8O8S2/c1-22(2,7-8-24)4-3-13-10-26-30(28-13)11-16-14(19(33)31(16)41(36,37)38)9-17(32)18(15-12-40-21(25)27-15)29-39-23(5-6-23)20(34)35/h10,12,14,16H,3-9,11,24H2,1-2H3,(H2,25,27)(H,34,35)(H,36,37,38)/b29-18-/t14-,16+/m0/s1. The van der Waals surface area contributed by atoms with Gasteiger partial charge >= 0.3 is 16.3 Å². The van der Waals surface area contributed by atoms with Crippen LogP contribution in [0.5, 0.6) is 0 Å². The van der Waals surface area contributed by atoms with Crippen molar-refractivity contribution in [3.05, 3.63) is 23.0 Å². The number of aromatic nitrogens is 4. The number of carboxylic acids is 1. The molecule has 1 saturated carbocycles. The van der Waals surface area contributed by atoms with Crippen molar-refractivity contribution in [2.45, 2.75) is 70.6 Å². The van der Waals surface area contributed by atoms with Crippen LogP contribution in [0.1, 0.15) is 57.3 Å². The summed E-state index contributed by atoms with van der Waals surface area (Å²) in [6, 6.07) is -1.17. The molecule has 0 bridgehead atoms. The van der Waals surface area contributed by atoms with Gasteiger partial charge in [0.25, 0.3) is 0 Å². The second-order valence-corrected chi connectivity index (χ2v) is 13.1. The van der Waals surface area contributed by atoms with Crippen molar-refractivity contribution in [3.63, 3.8) is 0 Å². The molecule has 16 nitrogen and oxygen atoms in total. The van der Waals surface area contributed by atoms with Crippen LogP contribution in [-0.4, -0.2) is 83.9 Å². The molecule has 1 amide bonds. The number of oxime groups is 1. The molecule has 224 valence electrons. The first-order valence-electron chi connectivity index (χ1n) is 12.8. The van der Waals surface area contributed by atoms with Crippen molar-refractivity contribution in [1.29, 1.82) is 0 Å². The van der Waals surface area contributed by atoms with Crippen LogP contribution in [0, 0.1) is 11.3 Å². The van der Waals surface area contributed by atoms with E-state index in [-0.39, 0.29) is 45.6 Å². The van der Waals surface area contributed by atoms with Gasteiger partial charge in [0.05, 0.1) is 30.4 Å². The fraction of sp³-hybridized carbons (Fsp3) is 0.609. The van der Waals surface area contributed by atoms with E-state index in [1.807, 2.05) is 0 Å². The summed E-state index contributed by atoms with van der Waals surface area (Å²) in [5, 5.41) is 23.2. The zero-order valence-corrected chi connectivity index (χ0v) is 24.1. The van der Waals surface area contributed by atoms with Crippen LogP contribution in [0.15, 0.2) is 16.7 Å². The first-order chi connectivity index (χ1) is 19.2. The molecule has 0 spiro atoms. The van der Waals surface area contributed by atoms with Crippen molar-refractivity contribution < 1.29 is 37.3 Å². The van der Waals surface area contributed by atoms with Crippen LogP contribution in [-0.2, 0) is 42.5 Å². The number of hydrogen-bond donors (Lipinski definition) is 4. The highest BCUT2D eigenvalue weighted by molar-refractivity contribution is 7.84. The molecule has 3 heterocycles. The Bertz CT molecular complexity index is 1460. The Hall–Kier alpha value is -3.48. The number of hydrogen-bond acceptors (Lipinski definition) is 13. The van der Waals surface area contributed by atoms with E-state index in [1.54, 1.807) is 0 Å². The van der Waals surface area contributed by atoms with Crippen LogP contribution in [0.25, 0.3) is 0 Å². The van der Waals surface area contributed by atoms with Gasteiger partial charge in [-0.1, -0.05) is 19.0 Å². The van der Waals surface area contributed by atoms with Crippen LogP contribution in [0.2, 0.25) is 0 Å². The summed E-state index contributed by atoms with van der Waals surface area (Å²) in [5.41, 5.74) is 10.1. The molecule has 0 unspecified atom stereocenters. The number of nitrogens with zero attached hydrogens (tertiary/aromatic N) is 6. The van der Waals surface area contributed by atoms with Crippen molar-refractivity contribution in [1.82, 2.24) is 24.3 Å². The lowest BCUT2D eigenvalue weighted by molar-refractivity contribution is -0.153. The highest BCUT2D eigenvalue weighted by atomic mass is 32.2. The van der Waals surface area contributed by atoms with Gasteiger partial charge in [-0.2, -0.15) is 23.4 Å². The lowest BCUT2D eigenvalue weighted by Crippen LogP contribution is -2.64. The molecule has 2 aliphatic rings. The largest absolute Gasteiger partial charge is 0.478 e. The zero-order valence-electron chi connectivity index (χ0n) is 22.5. The third-order valence-corrected chi connectivity index (χ3v) is 8.82. The fourth-order valence-electron chi connectivity index (χ4n) is 4.49. The summed E-state index contributed by atoms with van der Waals surface area (Å²) in [6.07, 6.45) is 3.59. The second-order valence-electron chi connectivity index (χ2n) is 10.9. The van der Waals surface area contributed by atoms with E-state index in [9.17, 15) is 32.5 Å². The lowest BCUT2D eigenvalue weighted by Gasteiger charge is -2.43. The highest BCUT2D eigenvalue weighted by Crippen LogP contribution is 2.40. The van der Waals surface area contributed by atoms with Gasteiger partial charge in [-0.05, 0) is 31.2 Å². The van der Waals surface area contributed by atoms with Crippen molar-refractivity contribution in [2.24, 2.45) is 22.2 Å². The molecule has 0 aromatic carbocycles. The number of thiazole rings is 1. The first kappa shape index (κ1) is 30.5. The monoisotopic (exact) mass is 612 g/mol. The molecule has 1 aliphatic carbocycles. The minimum atomic E-state index is -4.94. The molecule has 41 heavy (non-hydrogen) atoms. The van der Waals surface area contributed by atoms with E-state index >= 15 is 0 Å². The van der Waals surface area contributed by atoms with Gasteiger partial charge < -0.3 is 21.4 Å². The third-order valence-electron chi connectivity index (χ3n) is 7.20. The number of carboxylic acid groups (broad SMARTS) is 1. The summed E-state index contributed by atoms with van der Waals surface area (Å²) in [7, 11) is -4.94. The van der Waals surface area contributed by atoms with E-state index in [0.29, 0.717) is 18.7 Å². The number of aliphatic carboxylic acids is 1. The lowest BCUT2D eigenvalue weighted by atomic mass is 9.84. The van der Waals surface area contributed by atoms with Crippen LogP contribution in [0.3, 0.4) is 0 Å². The number of nitrogen functional groups attached to an aromatic ring is 1. The van der Waals surface area contributed by atoms with E-state index in [2.05, 4.69) is 34.2 Å². The maximum absolute atomic E-state index is 13.3. The summed E-state index contributed by atoms with van der Waals surface area (Å²) < 4.78 is 33.9. The molecular formula is C23H32N8O8S2. The molecule has 18 heteroatoms. The number of nitrogens with two attached hydrogens (primary N) is 2. The number of ketones is 1. The first-order valence-corrected chi connectivity index (χ1v) is 15.1. The van der Waals surface area contributed by atoms with Gasteiger partial charge in [-0.3, -0.25) is 14.1 Å². The van der Waals surface area contributed by atoms with Crippen LogP contribution in [0.4, 0.5) is 5.13 Å². The number of carbonyl (C=O) groups excluding carboxylic acids is 2. The normalized spacial score (nSPS) is 20.5. The predicted octanol–water partition coefficient (Wildman–Crippen LogP) is 0.252. The topological polar surface area (TPSA) is 246 Å². The van der Waals surface area contributed by atoms with Gasteiger partial charge in [0.15, 0.2) is 16.6 Å². The molecule has 2 aromatic heterocycles. The Morgan fingerprint density at radius 1 is 1.32 bits per heavy atom. The average Bonchev–Trinajstić information content (AvgIpc) is 3.33. The highest BCUT2D eigenvalue weighted by Gasteiger charge is 2.56. The molecule has 2 aromatic rings. The number of Topliss-reactive ketones (excluding diaryl/α,β-unsaturated/α-hetero) is 1. The Labute approximate surface area is 239 Å². The maximum Gasteiger partial charge on any atom is 0.362 e. The van der Waals surface area contributed by atoms with Gasteiger partial charge in [0.1, 0.15) is 5.69 Å². The SMILES string of the molecule is CC(C)(CCN)CCc1cnn(C[C@@H]2[C@H](CC(=O)/C(=N\OC3(C(=O)O)CC3)c3csc(N)n3)C(=O)N2S(=O)(=O)O)n1. The third kappa shape index (κ3) is 6.88. The molecule has 6 N–H and O–H groups in total. The number of carbonyl (C=O) groups is 3. The van der Waals surface area contributed by atoms with Crippen molar-refractivity contribution >= 4 is 50.1 Å². The maximum atomic E-state index is 13.3. The van der Waals surface area contributed by atoms with Crippen molar-refractivity contribution in [3.8, 4) is 0 Å². The minimum absolute atomic E-state index is 0.0132. The van der Waals surface area contributed by atoms with Crippen LogP contribution < -0.4 is 11.5 Å². The second kappa shape index (κ2) is 11.4. The van der Waals surface area contributed by atoms with Crippen molar-refractivity contribution in [2.75, 3.05) is 12.3 Å². The number of amides is 1. The smallest absolute Gasteiger partial charge is 0.362 e. The summed E-state index contributed by atoms with van der Waals surface area (Å²) in [4.78, 5) is 48.0. The molecule has 4 rings (SSSR count). The fourth-order valence-corrected chi connectivity index (χ4v) is 5.96. The Kier molecular flexibility index (Phi) is 8.49. The quantitative estimate of drug-likeness (QED) is 0.0912. The summed E-state index contributed by atoms with van der Waals surface area (Å²) >= 11 is 1.01. The minimum Gasteiger partial charge on any atom is -0.478 e. The molecule has 0 radical (unpaired) electrons. The Balaban J connectivity index is 1.52. The zero-order chi connectivity index (χ0) is 30.2. The number of aryl methyl sites for hydroxylation is 1. The molecular weight excluding hydrogens is 580 g/mol. The average molecular weight is 613 g/mol. The van der Waals surface area contributed by atoms with Gasteiger partial charge in [-0.15, -0.1) is 11.3 Å². The van der Waals surface area contributed by atoms with E-state index in [4.69, 9.17) is 16.3 Å². The molecule has 2 fully saturated rings. The number of rotatable bonds is 15. The van der Waals surface area contributed by atoms with E-state index in [1.165, 1.54) is 16.4 Å². The molecule has 1 saturated heterocycles. The van der Waals surface area contributed by atoms with Crippen LogP contribution >= 0.6 is 11.3 Å². The number of anilines is 1. The molecule has 1 aliphatic heterocycles. The Morgan fingerprint density at radius 2 is 2.02 bits per heavy atom. The summed E-state index contributed by atoms with van der Waals surface area (Å²) in [5.74, 6) is -4.18. The summed E-state index contributed by atoms with van der Waals surface area (Å²) in [6.45, 7) is 4.51.